The van der Waals surface area contributed by atoms with Gasteiger partial charge in [-0.05, 0) is 67.0 Å². The van der Waals surface area contributed by atoms with Gasteiger partial charge in [-0.25, -0.2) is 4.98 Å². The van der Waals surface area contributed by atoms with Crippen molar-refractivity contribution in [2.45, 2.75) is 29.3 Å². The molecule has 2 heterocycles. The van der Waals surface area contributed by atoms with Gasteiger partial charge in [-0.3, -0.25) is 0 Å². The van der Waals surface area contributed by atoms with E-state index in [0.29, 0.717) is 11.7 Å². The highest BCUT2D eigenvalue weighted by atomic mass is 32.2. The Balaban J connectivity index is 1.25. The predicted molar refractivity (Wildman–Crippen MR) is 126 cm³/mol. The lowest BCUT2D eigenvalue weighted by atomic mass is 10.2. The Kier molecular flexibility index (Phi) is 6.64. The lowest BCUT2D eigenvalue weighted by Gasteiger charge is -2.18. The van der Waals surface area contributed by atoms with E-state index in [1.165, 1.54) is 42.1 Å². The lowest BCUT2D eigenvalue weighted by Crippen LogP contribution is -2.28. The van der Waals surface area contributed by atoms with Crippen LogP contribution >= 0.6 is 24.0 Å². The van der Waals surface area contributed by atoms with Crippen molar-refractivity contribution in [2.75, 3.05) is 23.3 Å². The number of nitrogens with one attached hydrogen (secondary N) is 2. The Morgan fingerprint density at radius 1 is 0.966 bits per heavy atom. The third-order valence-electron chi connectivity index (χ3n) is 4.82. The Morgan fingerprint density at radius 2 is 1.72 bits per heavy atom. The van der Waals surface area contributed by atoms with Gasteiger partial charge in [0.05, 0.1) is 11.9 Å². The maximum Gasteiger partial charge on any atom is 0.171 e. The maximum absolute atomic E-state index is 5.42. The standard InChI is InChI=1S/C23H24N4S2/c28-23(25-16-18-8-11-20(12-9-18)27-14-4-5-15-27)26-19-10-13-22(24-17-19)29-21-6-2-1-3-7-21/h1-3,6-13,17H,4-5,14-16H2,(H2,25,26,28). The molecule has 1 aromatic heterocycles. The Bertz CT molecular complexity index is 921. The second-order valence-corrected chi connectivity index (χ2v) is 8.47. The van der Waals surface area contributed by atoms with E-state index in [4.69, 9.17) is 12.2 Å². The van der Waals surface area contributed by atoms with Gasteiger partial charge in [0.25, 0.3) is 0 Å². The first kappa shape index (κ1) is 19.7. The molecule has 1 aliphatic rings. The van der Waals surface area contributed by atoms with Crippen molar-refractivity contribution >= 4 is 40.5 Å². The second-order valence-electron chi connectivity index (χ2n) is 6.97. The predicted octanol–water partition coefficient (Wildman–Crippen LogP) is 5.32. The molecular formula is C23H24N4S2. The smallest absolute Gasteiger partial charge is 0.171 e. The van der Waals surface area contributed by atoms with Crippen molar-refractivity contribution in [1.82, 2.24) is 10.3 Å². The molecule has 2 N–H and O–H groups in total. The Morgan fingerprint density at radius 3 is 2.41 bits per heavy atom. The van der Waals surface area contributed by atoms with Gasteiger partial charge < -0.3 is 15.5 Å². The molecule has 4 rings (SSSR count). The topological polar surface area (TPSA) is 40.2 Å². The number of anilines is 2. The third kappa shape index (κ3) is 5.71. The lowest BCUT2D eigenvalue weighted by molar-refractivity contribution is 0.920. The average molecular weight is 421 g/mol. The minimum absolute atomic E-state index is 0.596. The van der Waals surface area contributed by atoms with Crippen molar-refractivity contribution in [3.8, 4) is 0 Å². The van der Waals surface area contributed by atoms with Crippen LogP contribution in [0.3, 0.4) is 0 Å². The summed E-state index contributed by atoms with van der Waals surface area (Å²) in [5, 5.41) is 8.02. The van der Waals surface area contributed by atoms with Gasteiger partial charge in [0, 0.05) is 30.2 Å². The summed E-state index contributed by atoms with van der Waals surface area (Å²) in [6.45, 7) is 3.03. The summed E-state index contributed by atoms with van der Waals surface area (Å²) < 4.78 is 0. The van der Waals surface area contributed by atoms with Gasteiger partial charge in [-0.2, -0.15) is 0 Å². The summed E-state index contributed by atoms with van der Waals surface area (Å²) in [5.74, 6) is 0. The van der Waals surface area contributed by atoms with Gasteiger partial charge in [0.15, 0.2) is 5.11 Å². The van der Waals surface area contributed by atoms with Crippen LogP contribution in [0.5, 0.6) is 0 Å². The molecule has 1 saturated heterocycles. The highest BCUT2D eigenvalue weighted by molar-refractivity contribution is 7.99. The molecular weight excluding hydrogens is 396 g/mol. The van der Waals surface area contributed by atoms with Crippen molar-refractivity contribution in [1.29, 1.82) is 0 Å². The second kappa shape index (κ2) is 9.76. The first-order chi connectivity index (χ1) is 14.3. The fourth-order valence-corrected chi connectivity index (χ4v) is 4.25. The van der Waals surface area contributed by atoms with Gasteiger partial charge >= 0.3 is 0 Å². The average Bonchev–Trinajstić information content (AvgIpc) is 3.30. The van der Waals surface area contributed by atoms with Crippen molar-refractivity contribution in [3.05, 3.63) is 78.5 Å². The molecule has 0 amide bonds. The largest absolute Gasteiger partial charge is 0.372 e. The normalized spacial score (nSPS) is 13.3. The van der Waals surface area contributed by atoms with Crippen LogP contribution in [0.4, 0.5) is 11.4 Å². The molecule has 29 heavy (non-hydrogen) atoms. The summed E-state index contributed by atoms with van der Waals surface area (Å²) in [5.41, 5.74) is 3.40. The Hall–Kier alpha value is -2.57. The van der Waals surface area contributed by atoms with E-state index in [-0.39, 0.29) is 0 Å². The molecule has 4 nitrogen and oxygen atoms in total. The highest BCUT2D eigenvalue weighted by Crippen LogP contribution is 2.26. The first-order valence-corrected chi connectivity index (χ1v) is 11.1. The van der Waals surface area contributed by atoms with E-state index in [0.717, 1.165) is 10.7 Å². The number of rotatable bonds is 6. The molecule has 0 atom stereocenters. The summed E-state index contributed by atoms with van der Waals surface area (Å²) in [6.07, 6.45) is 4.40. The molecule has 0 radical (unpaired) electrons. The number of hydrogen-bond donors (Lipinski definition) is 2. The van der Waals surface area contributed by atoms with E-state index in [1.807, 2.05) is 36.5 Å². The summed E-state index contributed by atoms with van der Waals surface area (Å²) >= 11 is 7.06. The molecule has 1 aliphatic heterocycles. The summed E-state index contributed by atoms with van der Waals surface area (Å²) in [4.78, 5) is 8.12. The molecule has 2 aromatic carbocycles. The molecule has 0 saturated carbocycles. The zero-order valence-corrected chi connectivity index (χ0v) is 17.8. The van der Waals surface area contributed by atoms with Gasteiger partial charge in [-0.1, -0.05) is 42.1 Å². The van der Waals surface area contributed by atoms with Gasteiger partial charge in [-0.15, -0.1) is 0 Å². The quantitative estimate of drug-likeness (QED) is 0.526. The van der Waals surface area contributed by atoms with Crippen LogP contribution in [0.15, 0.2) is 82.8 Å². The zero-order valence-electron chi connectivity index (χ0n) is 16.2. The maximum atomic E-state index is 5.42. The van der Waals surface area contributed by atoms with E-state index in [2.05, 4.69) is 56.9 Å². The minimum Gasteiger partial charge on any atom is -0.372 e. The molecule has 148 valence electrons. The van der Waals surface area contributed by atoms with Crippen LogP contribution < -0.4 is 15.5 Å². The molecule has 0 aliphatic carbocycles. The van der Waals surface area contributed by atoms with E-state index < -0.39 is 0 Å². The number of nitrogens with zero attached hydrogens (tertiary/aromatic N) is 2. The monoisotopic (exact) mass is 420 g/mol. The van der Waals surface area contributed by atoms with Crippen LogP contribution in [-0.4, -0.2) is 23.2 Å². The van der Waals surface area contributed by atoms with Crippen LogP contribution in [0, 0.1) is 0 Å². The van der Waals surface area contributed by atoms with E-state index >= 15 is 0 Å². The zero-order chi connectivity index (χ0) is 19.9. The van der Waals surface area contributed by atoms with Gasteiger partial charge in [0.1, 0.15) is 5.03 Å². The molecule has 3 aromatic rings. The third-order valence-corrected chi connectivity index (χ3v) is 6.03. The summed E-state index contributed by atoms with van der Waals surface area (Å²) in [7, 11) is 0. The van der Waals surface area contributed by atoms with Crippen LogP contribution in [0.2, 0.25) is 0 Å². The van der Waals surface area contributed by atoms with Crippen LogP contribution in [-0.2, 0) is 6.54 Å². The molecule has 0 bridgehead atoms. The first-order valence-electron chi connectivity index (χ1n) is 9.84. The van der Waals surface area contributed by atoms with Crippen LogP contribution in [0.25, 0.3) is 0 Å². The minimum atomic E-state index is 0.596. The van der Waals surface area contributed by atoms with Crippen molar-refractivity contribution in [2.24, 2.45) is 0 Å². The van der Waals surface area contributed by atoms with E-state index in [9.17, 15) is 0 Å². The van der Waals surface area contributed by atoms with Crippen molar-refractivity contribution < 1.29 is 0 Å². The number of benzene rings is 2. The fourth-order valence-electron chi connectivity index (χ4n) is 3.28. The highest BCUT2D eigenvalue weighted by Gasteiger charge is 2.11. The number of thiocarbonyl (C=S) groups is 1. The SMILES string of the molecule is S=C(NCc1ccc(N2CCCC2)cc1)Nc1ccc(Sc2ccccc2)nc1. The number of hydrogen-bond acceptors (Lipinski definition) is 4. The fraction of sp³-hybridized carbons (Fsp3) is 0.217. The molecule has 6 heteroatoms. The van der Waals surface area contributed by atoms with E-state index in [1.54, 1.807) is 11.8 Å². The molecule has 0 unspecified atom stereocenters. The number of pyridine rings is 1. The van der Waals surface area contributed by atoms with Crippen LogP contribution in [0.1, 0.15) is 18.4 Å². The molecule has 0 spiro atoms. The Labute approximate surface area is 181 Å². The number of aromatic nitrogens is 1. The van der Waals surface area contributed by atoms with Crippen molar-refractivity contribution in [3.63, 3.8) is 0 Å². The van der Waals surface area contributed by atoms with Gasteiger partial charge in [0.2, 0.25) is 0 Å². The summed E-state index contributed by atoms with van der Waals surface area (Å²) in [6, 6.07) is 23.0. The molecule has 1 fully saturated rings.